The van der Waals surface area contributed by atoms with Crippen LogP contribution in [0.2, 0.25) is 0 Å². The van der Waals surface area contributed by atoms with Crippen molar-refractivity contribution in [2.45, 2.75) is 32.9 Å². The molecule has 0 bridgehead atoms. The summed E-state index contributed by atoms with van der Waals surface area (Å²) in [5.74, 6) is -4.14. The molecule has 0 aliphatic carbocycles. The Bertz CT molecular complexity index is 602. The zero-order chi connectivity index (χ0) is 14.9. The maximum absolute atomic E-state index is 13.1. The summed E-state index contributed by atoms with van der Waals surface area (Å²) in [6.45, 7) is 4.35. The van der Waals surface area contributed by atoms with Gasteiger partial charge in [-0.2, -0.15) is 5.10 Å². The molecule has 3 nitrogen and oxygen atoms in total. The number of aryl methyl sites for hydroxylation is 2. The summed E-state index contributed by atoms with van der Waals surface area (Å²) >= 11 is 0. The van der Waals surface area contributed by atoms with Gasteiger partial charge >= 0.3 is 0 Å². The van der Waals surface area contributed by atoms with Gasteiger partial charge in [-0.3, -0.25) is 4.68 Å². The highest BCUT2D eigenvalue weighted by molar-refractivity contribution is 5.23. The molecule has 0 radical (unpaired) electrons. The van der Waals surface area contributed by atoms with E-state index >= 15 is 0 Å². The van der Waals surface area contributed by atoms with Gasteiger partial charge in [0.25, 0.3) is 0 Å². The molecule has 1 N–H and O–H groups in total. The first-order valence-electron chi connectivity index (χ1n) is 6.28. The number of hydrogen-bond acceptors (Lipinski definition) is 2. The van der Waals surface area contributed by atoms with Crippen molar-refractivity contribution < 1.29 is 18.3 Å². The molecule has 108 valence electrons. The van der Waals surface area contributed by atoms with E-state index in [1.54, 1.807) is 10.7 Å². The van der Waals surface area contributed by atoms with Crippen molar-refractivity contribution in [2.75, 3.05) is 0 Å². The first kappa shape index (κ1) is 14.6. The molecule has 1 atom stereocenters. The predicted octanol–water partition coefficient (Wildman–Crippen LogP) is 2.90. The van der Waals surface area contributed by atoms with Crippen LogP contribution < -0.4 is 0 Å². The van der Waals surface area contributed by atoms with Crippen LogP contribution in [0.25, 0.3) is 0 Å². The SMILES string of the molecule is CCn1nc(C)cc1CC(O)c1cc(F)c(F)c(F)c1. The average Bonchev–Trinajstić information content (AvgIpc) is 2.75. The quantitative estimate of drug-likeness (QED) is 0.877. The number of hydrogen-bond donors (Lipinski definition) is 1. The molecule has 0 saturated carbocycles. The Morgan fingerprint density at radius 2 is 1.80 bits per heavy atom. The van der Waals surface area contributed by atoms with Crippen molar-refractivity contribution in [1.29, 1.82) is 0 Å². The van der Waals surface area contributed by atoms with Gasteiger partial charge in [0.15, 0.2) is 17.5 Å². The Labute approximate surface area is 114 Å². The number of benzene rings is 1. The molecule has 2 aromatic rings. The summed E-state index contributed by atoms with van der Waals surface area (Å²) < 4.78 is 40.9. The molecule has 0 fully saturated rings. The molecule has 0 aliphatic rings. The van der Waals surface area contributed by atoms with Crippen LogP contribution in [0.15, 0.2) is 18.2 Å². The van der Waals surface area contributed by atoms with Crippen LogP contribution in [-0.2, 0) is 13.0 Å². The zero-order valence-corrected chi connectivity index (χ0v) is 11.2. The second-order valence-corrected chi connectivity index (χ2v) is 4.61. The maximum Gasteiger partial charge on any atom is 0.194 e. The molecule has 1 heterocycles. The van der Waals surface area contributed by atoms with Crippen molar-refractivity contribution >= 4 is 0 Å². The minimum absolute atomic E-state index is 0.00269. The number of aromatic nitrogens is 2. The lowest BCUT2D eigenvalue weighted by Crippen LogP contribution is -2.09. The number of halogens is 3. The predicted molar refractivity (Wildman–Crippen MR) is 67.6 cm³/mol. The molecule has 0 spiro atoms. The van der Waals surface area contributed by atoms with Crippen LogP contribution in [0.1, 0.15) is 30.0 Å². The lowest BCUT2D eigenvalue weighted by atomic mass is 10.0. The smallest absolute Gasteiger partial charge is 0.194 e. The highest BCUT2D eigenvalue weighted by Crippen LogP contribution is 2.22. The van der Waals surface area contributed by atoms with Crippen LogP contribution in [-0.4, -0.2) is 14.9 Å². The van der Waals surface area contributed by atoms with Gasteiger partial charge in [0, 0.05) is 18.7 Å². The maximum atomic E-state index is 13.1. The van der Waals surface area contributed by atoms with E-state index in [2.05, 4.69) is 5.10 Å². The van der Waals surface area contributed by atoms with Crippen LogP contribution in [0.3, 0.4) is 0 Å². The van der Waals surface area contributed by atoms with Gasteiger partial charge < -0.3 is 5.11 Å². The van der Waals surface area contributed by atoms with E-state index < -0.39 is 23.6 Å². The Morgan fingerprint density at radius 1 is 1.20 bits per heavy atom. The van der Waals surface area contributed by atoms with E-state index in [0.717, 1.165) is 23.5 Å². The number of aliphatic hydroxyl groups is 1. The number of nitrogens with zero attached hydrogens (tertiary/aromatic N) is 2. The molecule has 6 heteroatoms. The van der Waals surface area contributed by atoms with Gasteiger partial charge in [0.05, 0.1) is 11.8 Å². The Balaban J connectivity index is 2.25. The Kier molecular flexibility index (Phi) is 4.13. The van der Waals surface area contributed by atoms with E-state index in [0.29, 0.717) is 6.54 Å². The molecular formula is C14H15F3N2O. The van der Waals surface area contributed by atoms with Gasteiger partial charge in [0.2, 0.25) is 0 Å². The van der Waals surface area contributed by atoms with Crippen molar-refractivity contribution in [3.8, 4) is 0 Å². The third kappa shape index (κ3) is 2.85. The second-order valence-electron chi connectivity index (χ2n) is 4.61. The Hall–Kier alpha value is -1.82. The van der Waals surface area contributed by atoms with Crippen molar-refractivity contribution in [2.24, 2.45) is 0 Å². The van der Waals surface area contributed by atoms with Crippen LogP contribution >= 0.6 is 0 Å². The minimum Gasteiger partial charge on any atom is -0.388 e. The third-order valence-corrected chi connectivity index (χ3v) is 3.08. The van der Waals surface area contributed by atoms with Gasteiger partial charge in [-0.05, 0) is 37.6 Å². The van der Waals surface area contributed by atoms with Gasteiger partial charge in [-0.1, -0.05) is 0 Å². The summed E-state index contributed by atoms with van der Waals surface area (Å²) in [6, 6.07) is 3.41. The van der Waals surface area contributed by atoms with Crippen LogP contribution in [0.5, 0.6) is 0 Å². The van der Waals surface area contributed by atoms with Gasteiger partial charge in [0.1, 0.15) is 0 Å². The third-order valence-electron chi connectivity index (χ3n) is 3.08. The second kappa shape index (κ2) is 5.66. The molecule has 0 aliphatic heterocycles. The normalized spacial score (nSPS) is 12.7. The molecule has 20 heavy (non-hydrogen) atoms. The van der Waals surface area contributed by atoms with E-state index in [1.807, 2.05) is 13.8 Å². The summed E-state index contributed by atoms with van der Waals surface area (Å²) in [5, 5.41) is 14.3. The summed E-state index contributed by atoms with van der Waals surface area (Å²) in [4.78, 5) is 0. The van der Waals surface area contributed by atoms with E-state index in [-0.39, 0.29) is 12.0 Å². The van der Waals surface area contributed by atoms with Crippen LogP contribution in [0, 0.1) is 24.4 Å². The topological polar surface area (TPSA) is 38.0 Å². The molecule has 1 aromatic carbocycles. The first-order valence-corrected chi connectivity index (χ1v) is 6.28. The highest BCUT2D eigenvalue weighted by Gasteiger charge is 2.17. The fraction of sp³-hybridized carbons (Fsp3) is 0.357. The molecular weight excluding hydrogens is 269 g/mol. The molecule has 1 aromatic heterocycles. The number of aliphatic hydroxyl groups excluding tert-OH is 1. The first-order chi connectivity index (χ1) is 9.42. The Morgan fingerprint density at radius 3 is 2.35 bits per heavy atom. The van der Waals surface area contributed by atoms with Gasteiger partial charge in [-0.15, -0.1) is 0 Å². The number of rotatable bonds is 4. The fourth-order valence-electron chi connectivity index (χ4n) is 2.12. The molecule has 2 rings (SSSR count). The zero-order valence-electron chi connectivity index (χ0n) is 11.2. The van der Waals surface area contributed by atoms with E-state index in [1.165, 1.54) is 0 Å². The molecule has 0 saturated heterocycles. The summed E-state index contributed by atoms with van der Waals surface area (Å²) in [6.07, 6.45) is -0.972. The monoisotopic (exact) mass is 284 g/mol. The van der Waals surface area contributed by atoms with Crippen molar-refractivity contribution in [3.63, 3.8) is 0 Å². The lowest BCUT2D eigenvalue weighted by molar-refractivity contribution is 0.174. The van der Waals surface area contributed by atoms with Crippen molar-refractivity contribution in [3.05, 3.63) is 52.6 Å². The molecule has 0 amide bonds. The largest absolute Gasteiger partial charge is 0.388 e. The summed E-state index contributed by atoms with van der Waals surface area (Å²) in [5.41, 5.74) is 1.55. The van der Waals surface area contributed by atoms with Crippen molar-refractivity contribution in [1.82, 2.24) is 9.78 Å². The highest BCUT2D eigenvalue weighted by atomic mass is 19.2. The van der Waals surface area contributed by atoms with E-state index in [9.17, 15) is 18.3 Å². The molecule has 1 unspecified atom stereocenters. The van der Waals surface area contributed by atoms with Crippen LogP contribution in [0.4, 0.5) is 13.2 Å². The standard InChI is InChI=1S/C14H15F3N2O/c1-3-19-10(4-8(2)18-19)7-13(20)9-5-11(15)14(17)12(16)6-9/h4-6,13,20H,3,7H2,1-2H3. The summed E-state index contributed by atoms with van der Waals surface area (Å²) in [7, 11) is 0. The van der Waals surface area contributed by atoms with Gasteiger partial charge in [-0.25, -0.2) is 13.2 Å². The minimum atomic E-state index is -1.53. The van der Waals surface area contributed by atoms with E-state index in [4.69, 9.17) is 0 Å². The lowest BCUT2D eigenvalue weighted by Gasteiger charge is -2.12. The average molecular weight is 284 g/mol. The fourth-order valence-corrected chi connectivity index (χ4v) is 2.12.